The fourth-order valence-corrected chi connectivity index (χ4v) is 3.07. The lowest BCUT2D eigenvalue weighted by Gasteiger charge is -2.21. The molecule has 2 unspecified atom stereocenters. The molecule has 2 aliphatic rings. The van der Waals surface area contributed by atoms with Gasteiger partial charge in [-0.3, -0.25) is 4.79 Å². The normalized spacial score (nSPS) is 24.2. The first-order valence-corrected chi connectivity index (χ1v) is 7.51. The number of nitrogens with zero attached hydrogens (tertiary/aromatic N) is 1. The highest BCUT2D eigenvalue weighted by molar-refractivity contribution is 5.83. The number of hydrogen-bond donors (Lipinski definition) is 1. The van der Waals surface area contributed by atoms with Crippen LogP contribution in [0.3, 0.4) is 0 Å². The second kappa shape index (κ2) is 5.57. The molecule has 3 nitrogen and oxygen atoms in total. The van der Waals surface area contributed by atoms with Crippen molar-refractivity contribution >= 4 is 5.91 Å². The first kappa shape index (κ1) is 15.3. The largest absolute Gasteiger partial charge is 0.416 e. The van der Waals surface area contributed by atoms with Crippen LogP contribution in [0.25, 0.3) is 0 Å². The van der Waals surface area contributed by atoms with Gasteiger partial charge in [-0.15, -0.1) is 0 Å². The highest BCUT2D eigenvalue weighted by atomic mass is 19.4. The van der Waals surface area contributed by atoms with Crippen molar-refractivity contribution in [3.05, 3.63) is 35.4 Å². The van der Waals surface area contributed by atoms with E-state index in [1.165, 1.54) is 12.1 Å². The van der Waals surface area contributed by atoms with E-state index in [4.69, 9.17) is 5.11 Å². The summed E-state index contributed by atoms with van der Waals surface area (Å²) in [7, 11) is 0. The van der Waals surface area contributed by atoms with Crippen LogP contribution in [-0.2, 0) is 11.0 Å². The molecule has 1 aromatic rings. The standard InChI is InChI=1S/C16H18F3NO2/c17-16(18,19)14-4-2-1-3-11(14)12-9-13(12)15(22)20(7-8-21)10-5-6-10/h1-4,10,12-13,21H,5-9H2. The molecule has 2 atom stereocenters. The van der Waals surface area contributed by atoms with Crippen molar-refractivity contribution in [2.75, 3.05) is 13.2 Å². The maximum absolute atomic E-state index is 13.1. The van der Waals surface area contributed by atoms with Crippen LogP contribution in [0.2, 0.25) is 0 Å². The molecular weight excluding hydrogens is 295 g/mol. The number of amides is 1. The summed E-state index contributed by atoms with van der Waals surface area (Å²) in [5, 5.41) is 9.06. The molecule has 0 heterocycles. The van der Waals surface area contributed by atoms with Crippen LogP contribution in [0.4, 0.5) is 13.2 Å². The van der Waals surface area contributed by atoms with E-state index in [1.54, 1.807) is 11.0 Å². The maximum atomic E-state index is 13.1. The Morgan fingerprint density at radius 3 is 2.55 bits per heavy atom. The fraction of sp³-hybridized carbons (Fsp3) is 0.562. The quantitative estimate of drug-likeness (QED) is 0.908. The molecule has 1 amide bonds. The highest BCUT2D eigenvalue weighted by Gasteiger charge is 2.50. The lowest BCUT2D eigenvalue weighted by atomic mass is 10.0. The summed E-state index contributed by atoms with van der Waals surface area (Å²) >= 11 is 0. The number of benzene rings is 1. The molecule has 0 aliphatic heterocycles. The lowest BCUT2D eigenvalue weighted by molar-refractivity contribution is -0.139. The zero-order chi connectivity index (χ0) is 15.9. The first-order chi connectivity index (χ1) is 10.4. The van der Waals surface area contributed by atoms with Crippen molar-refractivity contribution < 1.29 is 23.1 Å². The van der Waals surface area contributed by atoms with E-state index in [0.717, 1.165) is 18.9 Å². The number of halogens is 3. The summed E-state index contributed by atoms with van der Waals surface area (Å²) in [6, 6.07) is 5.65. The average Bonchev–Trinajstić information content (AvgIpc) is 3.36. The van der Waals surface area contributed by atoms with Gasteiger partial charge in [0.25, 0.3) is 0 Å². The van der Waals surface area contributed by atoms with Crippen LogP contribution in [0.15, 0.2) is 24.3 Å². The Hall–Kier alpha value is -1.56. The van der Waals surface area contributed by atoms with Crippen molar-refractivity contribution in [2.24, 2.45) is 5.92 Å². The van der Waals surface area contributed by atoms with Crippen LogP contribution < -0.4 is 0 Å². The van der Waals surface area contributed by atoms with E-state index in [9.17, 15) is 18.0 Å². The minimum atomic E-state index is -4.39. The van der Waals surface area contributed by atoms with Crippen LogP contribution in [0.1, 0.15) is 36.3 Å². The van der Waals surface area contributed by atoms with Gasteiger partial charge in [-0.05, 0) is 36.8 Å². The molecule has 120 valence electrons. The van der Waals surface area contributed by atoms with E-state index < -0.39 is 11.7 Å². The molecule has 2 aliphatic carbocycles. The smallest absolute Gasteiger partial charge is 0.395 e. The Kier molecular flexibility index (Phi) is 3.89. The molecule has 0 saturated heterocycles. The number of aliphatic hydroxyl groups excluding tert-OH is 1. The molecule has 1 aromatic carbocycles. The molecule has 22 heavy (non-hydrogen) atoms. The van der Waals surface area contributed by atoms with Gasteiger partial charge in [0.1, 0.15) is 0 Å². The van der Waals surface area contributed by atoms with Gasteiger partial charge in [-0.2, -0.15) is 13.2 Å². The second-order valence-corrected chi connectivity index (χ2v) is 6.02. The number of hydrogen-bond acceptors (Lipinski definition) is 2. The van der Waals surface area contributed by atoms with Gasteiger partial charge < -0.3 is 10.0 Å². The molecule has 0 radical (unpaired) electrons. The van der Waals surface area contributed by atoms with Gasteiger partial charge in [0.15, 0.2) is 0 Å². The maximum Gasteiger partial charge on any atom is 0.416 e. The summed E-state index contributed by atoms with van der Waals surface area (Å²) in [6.07, 6.45) is -2.10. The van der Waals surface area contributed by atoms with E-state index in [1.807, 2.05) is 0 Å². The minimum Gasteiger partial charge on any atom is -0.395 e. The van der Waals surface area contributed by atoms with Crippen molar-refractivity contribution in [3.63, 3.8) is 0 Å². The summed E-state index contributed by atoms with van der Waals surface area (Å²) in [5.74, 6) is -0.848. The predicted octanol–water partition coefficient (Wildman–Crippen LogP) is 2.79. The number of carbonyl (C=O) groups is 1. The number of aliphatic hydroxyl groups is 1. The van der Waals surface area contributed by atoms with Crippen LogP contribution in [-0.4, -0.2) is 35.1 Å². The number of carbonyl (C=O) groups excluding carboxylic acids is 1. The molecular formula is C16H18F3NO2. The van der Waals surface area contributed by atoms with Crippen LogP contribution in [0.5, 0.6) is 0 Å². The van der Waals surface area contributed by atoms with Gasteiger partial charge in [0, 0.05) is 18.5 Å². The first-order valence-electron chi connectivity index (χ1n) is 7.51. The molecule has 3 rings (SSSR count). The third-order valence-electron chi connectivity index (χ3n) is 4.38. The SMILES string of the molecule is O=C(C1CC1c1ccccc1C(F)(F)F)N(CCO)C1CC1. The molecule has 0 aromatic heterocycles. The van der Waals surface area contributed by atoms with Gasteiger partial charge in [-0.1, -0.05) is 18.2 Å². The molecule has 6 heteroatoms. The summed E-state index contributed by atoms with van der Waals surface area (Å²) in [5.41, 5.74) is -0.427. The average molecular weight is 313 g/mol. The van der Waals surface area contributed by atoms with E-state index in [2.05, 4.69) is 0 Å². The predicted molar refractivity (Wildman–Crippen MR) is 74.1 cm³/mol. The van der Waals surface area contributed by atoms with E-state index in [0.29, 0.717) is 6.42 Å². The fourth-order valence-electron chi connectivity index (χ4n) is 3.07. The molecule has 2 saturated carbocycles. The monoisotopic (exact) mass is 313 g/mol. The summed E-state index contributed by atoms with van der Waals surface area (Å²) in [4.78, 5) is 14.1. The molecule has 2 fully saturated rings. The van der Waals surface area contributed by atoms with Gasteiger partial charge in [0.2, 0.25) is 5.91 Å². The minimum absolute atomic E-state index is 0.112. The van der Waals surface area contributed by atoms with Gasteiger partial charge in [0.05, 0.1) is 12.2 Å². The number of rotatable bonds is 5. The number of alkyl halides is 3. The van der Waals surface area contributed by atoms with Crippen molar-refractivity contribution in [1.29, 1.82) is 0 Å². The van der Waals surface area contributed by atoms with E-state index in [-0.39, 0.29) is 42.5 Å². The van der Waals surface area contributed by atoms with Gasteiger partial charge in [-0.25, -0.2) is 0 Å². The highest BCUT2D eigenvalue weighted by Crippen LogP contribution is 2.52. The Morgan fingerprint density at radius 1 is 1.27 bits per heavy atom. The Morgan fingerprint density at radius 2 is 1.95 bits per heavy atom. The van der Waals surface area contributed by atoms with E-state index >= 15 is 0 Å². The van der Waals surface area contributed by atoms with Crippen LogP contribution >= 0.6 is 0 Å². The van der Waals surface area contributed by atoms with Crippen molar-refractivity contribution in [2.45, 2.75) is 37.4 Å². The Bertz CT molecular complexity index is 569. The second-order valence-electron chi connectivity index (χ2n) is 6.02. The molecule has 0 bridgehead atoms. The summed E-state index contributed by atoms with van der Waals surface area (Å²) < 4.78 is 39.2. The van der Waals surface area contributed by atoms with Gasteiger partial charge >= 0.3 is 6.18 Å². The lowest BCUT2D eigenvalue weighted by Crippen LogP contribution is -2.36. The van der Waals surface area contributed by atoms with Crippen molar-refractivity contribution in [3.8, 4) is 0 Å². The third-order valence-corrected chi connectivity index (χ3v) is 4.38. The Balaban J connectivity index is 1.76. The van der Waals surface area contributed by atoms with Crippen molar-refractivity contribution in [1.82, 2.24) is 4.90 Å². The zero-order valence-electron chi connectivity index (χ0n) is 12.0. The summed E-state index contributed by atoms with van der Waals surface area (Å²) in [6.45, 7) is 0.159. The third kappa shape index (κ3) is 2.97. The Labute approximate surface area is 126 Å². The van der Waals surface area contributed by atoms with Crippen LogP contribution in [0, 0.1) is 5.92 Å². The topological polar surface area (TPSA) is 40.5 Å². The molecule has 1 N–H and O–H groups in total. The zero-order valence-corrected chi connectivity index (χ0v) is 12.0. The molecule has 0 spiro atoms.